The van der Waals surface area contributed by atoms with E-state index in [9.17, 15) is 9.90 Å². The molecular formula is C15H17N3O2. The van der Waals surface area contributed by atoms with Crippen molar-refractivity contribution in [1.29, 1.82) is 0 Å². The van der Waals surface area contributed by atoms with Crippen molar-refractivity contribution in [2.75, 3.05) is 0 Å². The minimum absolute atomic E-state index is 0.196. The number of hydrogen-bond acceptors (Lipinski definition) is 4. The Hall–Kier alpha value is -2.40. The lowest BCUT2D eigenvalue weighted by Crippen LogP contribution is -2.41. The van der Waals surface area contributed by atoms with E-state index in [0.717, 1.165) is 11.3 Å². The molecule has 5 heteroatoms. The summed E-state index contributed by atoms with van der Waals surface area (Å²) in [7, 11) is 0. The Kier molecular flexibility index (Phi) is 4.68. The second kappa shape index (κ2) is 6.68. The van der Waals surface area contributed by atoms with Crippen molar-refractivity contribution < 1.29 is 9.90 Å². The molecule has 1 amide bonds. The maximum atomic E-state index is 11.9. The highest BCUT2D eigenvalue weighted by Gasteiger charge is 2.13. The molecule has 0 aliphatic carbocycles. The molecule has 1 aromatic heterocycles. The number of pyridine rings is 1. The van der Waals surface area contributed by atoms with E-state index in [1.807, 2.05) is 18.2 Å². The molecule has 1 heterocycles. The molecule has 0 saturated carbocycles. The van der Waals surface area contributed by atoms with Crippen LogP contribution in [-0.2, 0) is 17.8 Å². The third-order valence-corrected chi connectivity index (χ3v) is 2.90. The minimum Gasteiger partial charge on any atom is -0.508 e. The van der Waals surface area contributed by atoms with Gasteiger partial charge >= 0.3 is 0 Å². The lowest BCUT2D eigenvalue weighted by atomic mass is 10.1. The van der Waals surface area contributed by atoms with Crippen molar-refractivity contribution in [1.82, 2.24) is 10.3 Å². The van der Waals surface area contributed by atoms with Crippen LogP contribution in [0, 0.1) is 0 Å². The van der Waals surface area contributed by atoms with Gasteiger partial charge in [-0.15, -0.1) is 0 Å². The molecule has 0 bridgehead atoms. The normalized spacial score (nSPS) is 11.8. The van der Waals surface area contributed by atoms with Crippen molar-refractivity contribution in [3.63, 3.8) is 0 Å². The first-order chi connectivity index (χ1) is 9.65. The van der Waals surface area contributed by atoms with E-state index >= 15 is 0 Å². The predicted molar refractivity (Wildman–Crippen MR) is 75.9 cm³/mol. The average molecular weight is 271 g/mol. The average Bonchev–Trinajstić information content (AvgIpc) is 2.48. The zero-order valence-electron chi connectivity index (χ0n) is 11.0. The highest BCUT2D eigenvalue weighted by Crippen LogP contribution is 2.10. The Labute approximate surface area is 117 Å². The van der Waals surface area contributed by atoms with Gasteiger partial charge in [-0.1, -0.05) is 18.2 Å². The maximum Gasteiger partial charge on any atom is 0.237 e. The van der Waals surface area contributed by atoms with Gasteiger partial charge in [-0.25, -0.2) is 0 Å². The Morgan fingerprint density at radius 1 is 1.25 bits per heavy atom. The molecule has 1 aromatic carbocycles. The quantitative estimate of drug-likeness (QED) is 0.756. The first kappa shape index (κ1) is 14.0. The minimum atomic E-state index is -0.622. The number of benzene rings is 1. The summed E-state index contributed by atoms with van der Waals surface area (Å²) in [4.78, 5) is 16.0. The van der Waals surface area contributed by atoms with E-state index in [1.54, 1.807) is 30.5 Å². The van der Waals surface area contributed by atoms with Crippen LogP contribution in [0.5, 0.6) is 5.75 Å². The summed E-state index contributed by atoms with van der Waals surface area (Å²) in [6.45, 7) is 0.364. The number of aromatic nitrogens is 1. The van der Waals surface area contributed by atoms with Gasteiger partial charge in [0.25, 0.3) is 0 Å². The molecule has 0 radical (unpaired) electrons. The molecule has 0 spiro atoms. The Bertz CT molecular complexity index is 555. The lowest BCUT2D eigenvalue weighted by molar-refractivity contribution is -0.122. The Balaban J connectivity index is 1.84. The molecule has 4 N–H and O–H groups in total. The van der Waals surface area contributed by atoms with Crippen LogP contribution in [-0.4, -0.2) is 22.0 Å². The first-order valence-electron chi connectivity index (χ1n) is 6.36. The van der Waals surface area contributed by atoms with Gasteiger partial charge in [-0.3, -0.25) is 9.78 Å². The van der Waals surface area contributed by atoms with Gasteiger partial charge in [-0.05, 0) is 36.2 Å². The third kappa shape index (κ3) is 4.07. The summed E-state index contributed by atoms with van der Waals surface area (Å²) in [5, 5.41) is 11.9. The fourth-order valence-electron chi connectivity index (χ4n) is 1.79. The van der Waals surface area contributed by atoms with Crippen LogP contribution in [0.4, 0.5) is 0 Å². The zero-order chi connectivity index (χ0) is 14.4. The third-order valence-electron chi connectivity index (χ3n) is 2.90. The van der Waals surface area contributed by atoms with Crippen LogP contribution in [0.15, 0.2) is 48.7 Å². The number of nitrogens with two attached hydrogens (primary N) is 1. The van der Waals surface area contributed by atoms with Gasteiger partial charge < -0.3 is 16.2 Å². The van der Waals surface area contributed by atoms with Crippen molar-refractivity contribution >= 4 is 5.91 Å². The zero-order valence-corrected chi connectivity index (χ0v) is 11.0. The van der Waals surface area contributed by atoms with Crippen molar-refractivity contribution in [2.24, 2.45) is 5.73 Å². The second-order valence-corrected chi connectivity index (χ2v) is 4.52. The van der Waals surface area contributed by atoms with E-state index in [2.05, 4.69) is 10.3 Å². The number of rotatable bonds is 5. The lowest BCUT2D eigenvalue weighted by Gasteiger charge is -2.12. The number of hydrogen-bond donors (Lipinski definition) is 3. The van der Waals surface area contributed by atoms with Crippen LogP contribution in [0.1, 0.15) is 11.3 Å². The van der Waals surface area contributed by atoms with Crippen molar-refractivity contribution in [3.8, 4) is 5.75 Å². The van der Waals surface area contributed by atoms with Crippen LogP contribution in [0.3, 0.4) is 0 Å². The van der Waals surface area contributed by atoms with E-state index in [1.165, 1.54) is 0 Å². The van der Waals surface area contributed by atoms with Gasteiger partial charge in [0.15, 0.2) is 0 Å². The number of carbonyl (C=O) groups excluding carboxylic acids is 1. The topological polar surface area (TPSA) is 88.2 Å². The summed E-state index contributed by atoms with van der Waals surface area (Å²) in [6.07, 6.45) is 2.10. The number of phenolic OH excluding ortho intramolecular Hbond substituents is 1. The number of aromatic hydroxyl groups is 1. The molecule has 0 saturated heterocycles. The van der Waals surface area contributed by atoms with E-state index in [0.29, 0.717) is 13.0 Å². The second-order valence-electron chi connectivity index (χ2n) is 4.52. The molecule has 2 rings (SSSR count). The van der Waals surface area contributed by atoms with Crippen LogP contribution < -0.4 is 11.1 Å². The number of nitrogens with zero attached hydrogens (tertiary/aromatic N) is 1. The summed E-state index contributed by atoms with van der Waals surface area (Å²) in [5.41, 5.74) is 7.55. The highest BCUT2D eigenvalue weighted by molar-refractivity contribution is 5.81. The first-order valence-corrected chi connectivity index (χ1v) is 6.36. The monoisotopic (exact) mass is 271 g/mol. The van der Waals surface area contributed by atoms with Crippen LogP contribution in [0.25, 0.3) is 0 Å². The van der Waals surface area contributed by atoms with Crippen LogP contribution >= 0.6 is 0 Å². The molecule has 0 aliphatic heterocycles. The molecule has 0 fully saturated rings. The van der Waals surface area contributed by atoms with E-state index in [-0.39, 0.29) is 11.7 Å². The number of amides is 1. The number of nitrogens with one attached hydrogen (secondary N) is 1. The number of phenols is 1. The molecule has 5 nitrogen and oxygen atoms in total. The molecule has 0 aliphatic rings. The number of carbonyl (C=O) groups is 1. The van der Waals surface area contributed by atoms with Crippen molar-refractivity contribution in [3.05, 3.63) is 59.9 Å². The molecule has 2 aromatic rings. The largest absolute Gasteiger partial charge is 0.508 e. The SMILES string of the molecule is N[C@@H](Cc1ccc(O)cc1)C(=O)NCc1ccccn1. The van der Waals surface area contributed by atoms with Gasteiger partial charge in [0.1, 0.15) is 5.75 Å². The standard InChI is InChI=1S/C15H17N3O2/c16-14(9-11-4-6-13(19)7-5-11)15(20)18-10-12-3-1-2-8-17-12/h1-8,14,19H,9-10,16H2,(H,18,20)/t14-/m0/s1. The summed E-state index contributed by atoms with van der Waals surface area (Å²) >= 11 is 0. The molecule has 104 valence electrons. The fraction of sp³-hybridized carbons (Fsp3) is 0.200. The molecule has 1 atom stereocenters. The van der Waals surface area contributed by atoms with Gasteiger partial charge in [0.2, 0.25) is 5.91 Å². The molecular weight excluding hydrogens is 254 g/mol. The smallest absolute Gasteiger partial charge is 0.237 e. The fourth-order valence-corrected chi connectivity index (χ4v) is 1.79. The highest BCUT2D eigenvalue weighted by atomic mass is 16.3. The summed E-state index contributed by atoms with van der Waals surface area (Å²) < 4.78 is 0. The van der Waals surface area contributed by atoms with Gasteiger partial charge in [0.05, 0.1) is 18.3 Å². The molecule has 20 heavy (non-hydrogen) atoms. The molecule has 0 unspecified atom stereocenters. The predicted octanol–water partition coefficient (Wildman–Crippen LogP) is 0.973. The van der Waals surface area contributed by atoms with Crippen LogP contribution in [0.2, 0.25) is 0 Å². The van der Waals surface area contributed by atoms with E-state index < -0.39 is 6.04 Å². The maximum absolute atomic E-state index is 11.9. The van der Waals surface area contributed by atoms with Crippen molar-refractivity contribution in [2.45, 2.75) is 19.0 Å². The Morgan fingerprint density at radius 3 is 2.65 bits per heavy atom. The Morgan fingerprint density at radius 2 is 2.00 bits per heavy atom. The van der Waals surface area contributed by atoms with Gasteiger partial charge in [-0.2, -0.15) is 0 Å². The summed E-state index contributed by atoms with van der Waals surface area (Å²) in [6, 6.07) is 11.6. The van der Waals surface area contributed by atoms with Gasteiger partial charge in [0, 0.05) is 6.20 Å². The summed E-state index contributed by atoms with van der Waals surface area (Å²) in [5.74, 6) is -0.0225. The van der Waals surface area contributed by atoms with E-state index in [4.69, 9.17) is 5.73 Å².